The van der Waals surface area contributed by atoms with Crippen molar-refractivity contribution in [3.05, 3.63) is 77.3 Å². The molecule has 0 atom stereocenters. The van der Waals surface area contributed by atoms with Gasteiger partial charge in [0.2, 0.25) is 5.91 Å². The lowest BCUT2D eigenvalue weighted by atomic mass is 10.0. The summed E-state index contributed by atoms with van der Waals surface area (Å²) in [4.78, 5) is 12.1. The van der Waals surface area contributed by atoms with Crippen LogP contribution in [0, 0.1) is 12.7 Å². The molecule has 1 N–H and O–H groups in total. The van der Waals surface area contributed by atoms with Crippen LogP contribution in [-0.4, -0.2) is 11.1 Å². The molecule has 0 aliphatic rings. The smallest absolute Gasteiger partial charge is 0.220 e. The molecule has 1 amide bonds. The number of carbonyl (C=O) groups is 1. The summed E-state index contributed by atoms with van der Waals surface area (Å²) in [7, 11) is 0. The summed E-state index contributed by atoms with van der Waals surface area (Å²) in [5.41, 5.74) is 4.49. The third kappa shape index (κ3) is 4.53. The van der Waals surface area contributed by atoms with Crippen LogP contribution in [0.2, 0.25) is 0 Å². The fourth-order valence-electron chi connectivity index (χ4n) is 2.64. The standard InChI is InChI=1S/C20H19FN2O2/c1-14-3-2-4-15(11-14)12-22-19(24)10-7-17-13-25-23-20(17)16-5-8-18(21)9-6-16/h2-6,8-9,11,13H,7,10,12H2,1H3,(H,22,24). The monoisotopic (exact) mass is 338 g/mol. The van der Waals surface area contributed by atoms with E-state index in [0.717, 1.165) is 16.7 Å². The lowest BCUT2D eigenvalue weighted by Gasteiger charge is -2.06. The third-order valence-electron chi connectivity index (χ3n) is 3.95. The molecule has 0 aliphatic carbocycles. The van der Waals surface area contributed by atoms with Crippen molar-refractivity contribution < 1.29 is 13.7 Å². The van der Waals surface area contributed by atoms with Gasteiger partial charge in [-0.05, 0) is 43.2 Å². The summed E-state index contributed by atoms with van der Waals surface area (Å²) >= 11 is 0. The first-order valence-corrected chi connectivity index (χ1v) is 8.13. The van der Waals surface area contributed by atoms with Gasteiger partial charge >= 0.3 is 0 Å². The van der Waals surface area contributed by atoms with Crippen LogP contribution in [0.3, 0.4) is 0 Å². The molecule has 0 saturated carbocycles. The summed E-state index contributed by atoms with van der Waals surface area (Å²) in [6.07, 6.45) is 2.38. The van der Waals surface area contributed by atoms with Gasteiger partial charge in [-0.2, -0.15) is 0 Å². The molecule has 1 heterocycles. The Balaban J connectivity index is 1.56. The first-order valence-electron chi connectivity index (χ1n) is 8.13. The van der Waals surface area contributed by atoms with Gasteiger partial charge in [-0.1, -0.05) is 35.0 Å². The van der Waals surface area contributed by atoms with Gasteiger partial charge < -0.3 is 9.84 Å². The van der Waals surface area contributed by atoms with E-state index in [2.05, 4.69) is 10.5 Å². The summed E-state index contributed by atoms with van der Waals surface area (Å²) in [6.45, 7) is 2.53. The number of rotatable bonds is 6. The molecule has 0 radical (unpaired) electrons. The maximum Gasteiger partial charge on any atom is 0.220 e. The first kappa shape index (κ1) is 16.9. The van der Waals surface area contributed by atoms with E-state index in [9.17, 15) is 9.18 Å². The largest absolute Gasteiger partial charge is 0.364 e. The van der Waals surface area contributed by atoms with Gasteiger partial charge in [0, 0.05) is 24.1 Å². The highest BCUT2D eigenvalue weighted by molar-refractivity contribution is 5.76. The molecular weight excluding hydrogens is 319 g/mol. The molecule has 1 aromatic heterocycles. The molecule has 0 fully saturated rings. The van der Waals surface area contributed by atoms with Crippen molar-refractivity contribution in [2.75, 3.05) is 0 Å². The molecule has 25 heavy (non-hydrogen) atoms. The topological polar surface area (TPSA) is 55.1 Å². The van der Waals surface area contributed by atoms with E-state index in [1.807, 2.05) is 31.2 Å². The summed E-state index contributed by atoms with van der Waals surface area (Å²) in [6, 6.07) is 14.1. The Morgan fingerprint density at radius 3 is 2.76 bits per heavy atom. The van der Waals surface area contributed by atoms with Crippen molar-refractivity contribution >= 4 is 5.91 Å². The number of aromatic nitrogens is 1. The zero-order chi connectivity index (χ0) is 17.6. The highest BCUT2D eigenvalue weighted by atomic mass is 19.1. The Kier molecular flexibility index (Phi) is 5.23. The molecule has 5 heteroatoms. The molecule has 0 spiro atoms. The molecule has 0 aliphatic heterocycles. The lowest BCUT2D eigenvalue weighted by Crippen LogP contribution is -2.23. The number of nitrogens with one attached hydrogen (secondary N) is 1. The second-order valence-electron chi connectivity index (χ2n) is 5.96. The SMILES string of the molecule is Cc1cccc(CNC(=O)CCc2conc2-c2ccc(F)cc2)c1. The molecule has 128 valence electrons. The van der Waals surface area contributed by atoms with Gasteiger partial charge in [-0.15, -0.1) is 0 Å². The number of aryl methyl sites for hydroxylation is 2. The van der Waals surface area contributed by atoms with Gasteiger partial charge in [0.15, 0.2) is 0 Å². The predicted molar refractivity (Wildman–Crippen MR) is 93.2 cm³/mol. The normalized spacial score (nSPS) is 10.6. The minimum absolute atomic E-state index is 0.0345. The second-order valence-corrected chi connectivity index (χ2v) is 5.96. The Bertz CT molecular complexity index is 856. The van der Waals surface area contributed by atoms with E-state index >= 15 is 0 Å². The maximum absolute atomic E-state index is 13.0. The van der Waals surface area contributed by atoms with E-state index in [0.29, 0.717) is 25.1 Å². The third-order valence-corrected chi connectivity index (χ3v) is 3.95. The summed E-state index contributed by atoms with van der Waals surface area (Å²) in [5, 5.41) is 6.88. The van der Waals surface area contributed by atoms with Gasteiger partial charge in [-0.3, -0.25) is 4.79 Å². The fourth-order valence-corrected chi connectivity index (χ4v) is 2.64. The van der Waals surface area contributed by atoms with Gasteiger partial charge in [0.05, 0.1) is 0 Å². The number of halogens is 1. The van der Waals surface area contributed by atoms with Gasteiger partial charge in [0.1, 0.15) is 17.8 Å². The molecule has 3 rings (SSSR count). The average Bonchev–Trinajstić information content (AvgIpc) is 3.07. The summed E-state index contributed by atoms with van der Waals surface area (Å²) < 4.78 is 18.1. The molecule has 0 bridgehead atoms. The molecule has 2 aromatic carbocycles. The molecule has 0 saturated heterocycles. The van der Waals surface area contributed by atoms with Crippen molar-refractivity contribution in [3.63, 3.8) is 0 Å². The van der Waals surface area contributed by atoms with Gasteiger partial charge in [-0.25, -0.2) is 4.39 Å². The first-order chi connectivity index (χ1) is 12.1. The zero-order valence-corrected chi connectivity index (χ0v) is 14.0. The number of hydrogen-bond acceptors (Lipinski definition) is 3. The lowest BCUT2D eigenvalue weighted by molar-refractivity contribution is -0.121. The van der Waals surface area contributed by atoms with Crippen molar-refractivity contribution in [3.8, 4) is 11.3 Å². The van der Waals surface area contributed by atoms with E-state index in [-0.39, 0.29) is 11.7 Å². The number of nitrogens with zero attached hydrogens (tertiary/aromatic N) is 1. The summed E-state index contributed by atoms with van der Waals surface area (Å²) in [5.74, 6) is -0.336. The van der Waals surface area contributed by atoms with Crippen molar-refractivity contribution in [1.82, 2.24) is 10.5 Å². The highest BCUT2D eigenvalue weighted by Crippen LogP contribution is 2.23. The fraction of sp³-hybridized carbons (Fsp3) is 0.200. The number of carbonyl (C=O) groups excluding carboxylic acids is 1. The molecule has 4 nitrogen and oxygen atoms in total. The van der Waals surface area contributed by atoms with Gasteiger partial charge in [0.25, 0.3) is 0 Å². The molecule has 3 aromatic rings. The quantitative estimate of drug-likeness (QED) is 0.738. The number of hydrogen-bond donors (Lipinski definition) is 1. The second kappa shape index (κ2) is 7.75. The zero-order valence-electron chi connectivity index (χ0n) is 14.0. The van der Waals surface area contributed by atoms with Crippen LogP contribution in [0.15, 0.2) is 59.3 Å². The van der Waals surface area contributed by atoms with Crippen LogP contribution in [-0.2, 0) is 17.8 Å². The van der Waals surface area contributed by atoms with E-state index in [1.165, 1.54) is 24.0 Å². The number of amides is 1. The van der Waals surface area contributed by atoms with E-state index < -0.39 is 0 Å². The van der Waals surface area contributed by atoms with Crippen LogP contribution >= 0.6 is 0 Å². The Morgan fingerprint density at radius 2 is 2.00 bits per heavy atom. The maximum atomic E-state index is 13.0. The number of benzene rings is 2. The van der Waals surface area contributed by atoms with Crippen molar-refractivity contribution in [2.24, 2.45) is 0 Å². The molecular formula is C20H19FN2O2. The van der Waals surface area contributed by atoms with Crippen molar-refractivity contribution in [1.29, 1.82) is 0 Å². The Morgan fingerprint density at radius 1 is 1.20 bits per heavy atom. The van der Waals surface area contributed by atoms with Crippen LogP contribution in [0.1, 0.15) is 23.1 Å². The highest BCUT2D eigenvalue weighted by Gasteiger charge is 2.12. The van der Waals surface area contributed by atoms with E-state index in [1.54, 1.807) is 12.1 Å². The predicted octanol–water partition coefficient (Wildman–Crippen LogP) is 4.04. The molecule has 0 unspecified atom stereocenters. The van der Waals surface area contributed by atoms with Crippen LogP contribution in [0.25, 0.3) is 11.3 Å². The Labute approximate surface area is 145 Å². The minimum atomic E-state index is -0.302. The van der Waals surface area contributed by atoms with Crippen molar-refractivity contribution in [2.45, 2.75) is 26.3 Å². The van der Waals surface area contributed by atoms with Crippen LogP contribution < -0.4 is 5.32 Å². The average molecular weight is 338 g/mol. The van der Waals surface area contributed by atoms with Crippen LogP contribution in [0.4, 0.5) is 4.39 Å². The minimum Gasteiger partial charge on any atom is -0.364 e. The Hall–Kier alpha value is -2.95. The van der Waals surface area contributed by atoms with Crippen LogP contribution in [0.5, 0.6) is 0 Å². The van der Waals surface area contributed by atoms with E-state index in [4.69, 9.17) is 4.52 Å².